The molecule has 0 saturated heterocycles. The lowest BCUT2D eigenvalue weighted by Crippen LogP contribution is -1.86. The van der Waals surface area contributed by atoms with Crippen molar-refractivity contribution < 1.29 is 4.39 Å². The van der Waals surface area contributed by atoms with E-state index in [0.29, 0.717) is 21.8 Å². The Hall–Kier alpha value is -2.31. The molecular weight excluding hydrogens is 275 g/mol. The largest absolute Gasteiger partial charge is 0.353 e. The zero-order chi connectivity index (χ0) is 14.3. The molecule has 0 unspecified atom stereocenters. The van der Waals surface area contributed by atoms with E-state index in [-0.39, 0.29) is 5.82 Å². The highest BCUT2D eigenvalue weighted by Crippen LogP contribution is 2.32. The number of nitrogens with zero attached hydrogens (tertiary/aromatic N) is 1. The molecule has 1 aromatic heterocycles. The van der Waals surface area contributed by atoms with Gasteiger partial charge in [-0.05, 0) is 54.4 Å². The minimum Gasteiger partial charge on any atom is -0.353 e. The van der Waals surface area contributed by atoms with E-state index in [2.05, 4.69) is 11.1 Å². The number of hydrogen-bond donors (Lipinski definition) is 1. The normalized spacial score (nSPS) is 10.7. The second-order valence-corrected chi connectivity index (χ2v) is 5.08. The van der Waals surface area contributed by atoms with Crippen LogP contribution in [-0.2, 0) is 0 Å². The Morgan fingerprint density at radius 1 is 1.20 bits per heavy atom. The van der Waals surface area contributed by atoms with Crippen LogP contribution in [0.5, 0.6) is 0 Å². The monoisotopic (exact) mass is 284 g/mol. The Balaban J connectivity index is 2.31. The number of nitrogens with one attached hydrogen (secondary N) is 1. The number of fused-ring (bicyclic) bond motifs is 1. The first-order valence-corrected chi connectivity index (χ1v) is 6.46. The SMILES string of the molecule is Cc1cc(-c2[nH]c3ccc(Cl)cc3c2C#N)ccc1F. The number of aromatic nitrogens is 1. The van der Waals surface area contributed by atoms with Crippen LogP contribution < -0.4 is 0 Å². The van der Waals surface area contributed by atoms with Crippen molar-refractivity contribution in [2.24, 2.45) is 0 Å². The van der Waals surface area contributed by atoms with Crippen molar-refractivity contribution in [3.8, 4) is 17.3 Å². The quantitative estimate of drug-likeness (QED) is 0.684. The molecule has 0 aliphatic rings. The molecule has 3 rings (SSSR count). The summed E-state index contributed by atoms with van der Waals surface area (Å²) in [5.74, 6) is -0.258. The molecule has 2 aromatic carbocycles. The van der Waals surface area contributed by atoms with Crippen LogP contribution in [0, 0.1) is 24.1 Å². The van der Waals surface area contributed by atoms with Gasteiger partial charge in [-0.3, -0.25) is 0 Å². The summed E-state index contributed by atoms with van der Waals surface area (Å²) in [4.78, 5) is 3.20. The summed E-state index contributed by atoms with van der Waals surface area (Å²) in [6.45, 7) is 1.70. The molecule has 1 heterocycles. The fraction of sp³-hybridized carbons (Fsp3) is 0.0625. The molecule has 0 spiro atoms. The first-order chi connectivity index (χ1) is 9.60. The van der Waals surface area contributed by atoms with Crippen LogP contribution in [0.15, 0.2) is 36.4 Å². The van der Waals surface area contributed by atoms with Gasteiger partial charge < -0.3 is 4.98 Å². The summed E-state index contributed by atoms with van der Waals surface area (Å²) < 4.78 is 13.4. The zero-order valence-corrected chi connectivity index (χ0v) is 11.4. The third kappa shape index (κ3) is 1.95. The van der Waals surface area contributed by atoms with Gasteiger partial charge in [0.1, 0.15) is 11.9 Å². The maximum Gasteiger partial charge on any atom is 0.126 e. The number of benzene rings is 2. The number of aromatic amines is 1. The second-order valence-electron chi connectivity index (χ2n) is 4.64. The van der Waals surface area contributed by atoms with Crippen molar-refractivity contribution in [3.05, 3.63) is 58.4 Å². The fourth-order valence-electron chi connectivity index (χ4n) is 2.30. The van der Waals surface area contributed by atoms with Gasteiger partial charge in [-0.15, -0.1) is 0 Å². The molecule has 2 nitrogen and oxygen atoms in total. The molecule has 0 aliphatic carbocycles. The van der Waals surface area contributed by atoms with Crippen LogP contribution in [-0.4, -0.2) is 4.98 Å². The van der Waals surface area contributed by atoms with E-state index in [4.69, 9.17) is 11.6 Å². The highest BCUT2D eigenvalue weighted by Gasteiger charge is 2.14. The smallest absolute Gasteiger partial charge is 0.126 e. The Morgan fingerprint density at radius 3 is 2.70 bits per heavy atom. The summed E-state index contributed by atoms with van der Waals surface area (Å²) >= 11 is 5.98. The van der Waals surface area contributed by atoms with Gasteiger partial charge in [0.2, 0.25) is 0 Å². The highest BCUT2D eigenvalue weighted by atomic mass is 35.5. The van der Waals surface area contributed by atoms with Crippen molar-refractivity contribution in [2.75, 3.05) is 0 Å². The van der Waals surface area contributed by atoms with Crippen molar-refractivity contribution in [1.82, 2.24) is 4.98 Å². The predicted molar refractivity (Wildman–Crippen MR) is 78.2 cm³/mol. The average molecular weight is 285 g/mol. The maximum atomic E-state index is 13.4. The molecular formula is C16H10ClFN2. The van der Waals surface area contributed by atoms with Crippen molar-refractivity contribution in [3.63, 3.8) is 0 Å². The van der Waals surface area contributed by atoms with Gasteiger partial charge in [0.25, 0.3) is 0 Å². The molecule has 4 heteroatoms. The third-order valence-electron chi connectivity index (χ3n) is 3.32. The lowest BCUT2D eigenvalue weighted by molar-refractivity contribution is 0.619. The van der Waals surface area contributed by atoms with Gasteiger partial charge in [0, 0.05) is 15.9 Å². The Kier molecular flexibility index (Phi) is 2.96. The summed E-state index contributed by atoms with van der Waals surface area (Å²) in [6.07, 6.45) is 0. The predicted octanol–water partition coefficient (Wildman–Crippen LogP) is 4.81. The van der Waals surface area contributed by atoms with E-state index in [1.807, 2.05) is 6.07 Å². The van der Waals surface area contributed by atoms with Gasteiger partial charge in [-0.25, -0.2) is 4.39 Å². The molecule has 0 amide bonds. The molecule has 98 valence electrons. The number of hydrogen-bond acceptors (Lipinski definition) is 1. The number of aryl methyl sites for hydroxylation is 1. The minimum atomic E-state index is -0.258. The van der Waals surface area contributed by atoms with Gasteiger partial charge in [0.05, 0.1) is 11.3 Å². The van der Waals surface area contributed by atoms with Crippen LogP contribution in [0.4, 0.5) is 4.39 Å². The van der Waals surface area contributed by atoms with E-state index >= 15 is 0 Å². The summed E-state index contributed by atoms with van der Waals surface area (Å²) in [7, 11) is 0. The first-order valence-electron chi connectivity index (χ1n) is 6.08. The van der Waals surface area contributed by atoms with E-state index < -0.39 is 0 Å². The van der Waals surface area contributed by atoms with Crippen LogP contribution in [0.3, 0.4) is 0 Å². The summed E-state index contributed by atoms with van der Waals surface area (Å²) in [6, 6.07) is 12.3. The number of nitriles is 1. The number of rotatable bonds is 1. The first kappa shape index (κ1) is 12.7. The van der Waals surface area contributed by atoms with Crippen LogP contribution >= 0.6 is 11.6 Å². The van der Waals surface area contributed by atoms with Gasteiger partial charge >= 0.3 is 0 Å². The zero-order valence-electron chi connectivity index (χ0n) is 10.7. The van der Waals surface area contributed by atoms with Crippen molar-refractivity contribution >= 4 is 22.5 Å². The molecule has 0 aliphatic heterocycles. The molecule has 0 saturated carbocycles. The Labute approximate surface area is 120 Å². The van der Waals surface area contributed by atoms with Gasteiger partial charge in [0.15, 0.2) is 0 Å². The van der Waals surface area contributed by atoms with Crippen LogP contribution in [0.1, 0.15) is 11.1 Å². The van der Waals surface area contributed by atoms with Gasteiger partial charge in [-0.1, -0.05) is 11.6 Å². The Morgan fingerprint density at radius 2 is 2.00 bits per heavy atom. The second kappa shape index (κ2) is 4.66. The number of H-pyrrole nitrogens is 1. The van der Waals surface area contributed by atoms with Gasteiger partial charge in [-0.2, -0.15) is 5.26 Å². The molecule has 3 aromatic rings. The minimum absolute atomic E-state index is 0.258. The fourth-order valence-corrected chi connectivity index (χ4v) is 2.47. The Bertz CT molecular complexity index is 859. The molecule has 0 atom stereocenters. The maximum absolute atomic E-state index is 13.4. The average Bonchev–Trinajstić information content (AvgIpc) is 2.79. The lowest BCUT2D eigenvalue weighted by atomic mass is 10.0. The molecule has 0 radical (unpaired) electrons. The topological polar surface area (TPSA) is 39.6 Å². The van der Waals surface area contributed by atoms with Crippen molar-refractivity contribution in [1.29, 1.82) is 5.26 Å². The van der Waals surface area contributed by atoms with E-state index in [0.717, 1.165) is 16.5 Å². The summed E-state index contributed by atoms with van der Waals surface area (Å²) in [5, 5.41) is 10.7. The van der Waals surface area contributed by atoms with E-state index in [9.17, 15) is 9.65 Å². The third-order valence-corrected chi connectivity index (χ3v) is 3.55. The van der Waals surface area contributed by atoms with Crippen LogP contribution in [0.25, 0.3) is 22.2 Å². The summed E-state index contributed by atoms with van der Waals surface area (Å²) in [5.41, 5.74) is 3.38. The van der Waals surface area contributed by atoms with Crippen molar-refractivity contribution in [2.45, 2.75) is 6.92 Å². The standard InChI is InChI=1S/C16H10ClFN2/c1-9-6-10(2-4-14(9)18)16-13(8-19)12-7-11(17)3-5-15(12)20-16/h2-7,20H,1H3. The van der Waals surface area contributed by atoms with E-state index in [1.54, 1.807) is 31.2 Å². The van der Waals surface area contributed by atoms with E-state index in [1.165, 1.54) is 6.07 Å². The molecule has 0 fully saturated rings. The lowest BCUT2D eigenvalue weighted by Gasteiger charge is -2.02. The van der Waals surface area contributed by atoms with Crippen LogP contribution in [0.2, 0.25) is 5.02 Å². The number of halogens is 2. The molecule has 1 N–H and O–H groups in total. The highest BCUT2D eigenvalue weighted by molar-refractivity contribution is 6.31. The molecule has 20 heavy (non-hydrogen) atoms. The molecule has 0 bridgehead atoms.